The quantitative estimate of drug-likeness (QED) is 0.133. The number of carbonyl (C=O) groups excluding carboxylic acids is 3. The fourth-order valence-electron chi connectivity index (χ4n) is 9.80. The van der Waals surface area contributed by atoms with Crippen LogP contribution < -0.4 is 15.5 Å². The molecule has 1 saturated carbocycles. The van der Waals surface area contributed by atoms with Crippen LogP contribution in [0.15, 0.2) is 53.5 Å². The average molecular weight is 836 g/mol. The minimum Gasteiger partial charge on any atom is -0.464 e. The van der Waals surface area contributed by atoms with Crippen LogP contribution in [0.2, 0.25) is 0 Å². The smallest absolute Gasteiger partial charge is 0.284 e. The zero-order valence-corrected chi connectivity index (χ0v) is 33.6. The van der Waals surface area contributed by atoms with Gasteiger partial charge in [-0.25, -0.2) is 18.3 Å². The number of imide groups is 1. The summed E-state index contributed by atoms with van der Waals surface area (Å²) in [5.74, 6) is 6.03. The van der Waals surface area contributed by atoms with Gasteiger partial charge in [0.1, 0.15) is 23.6 Å². The first-order chi connectivity index (χ1) is 29.7. The molecule has 4 aromatic heterocycles. The van der Waals surface area contributed by atoms with Crippen LogP contribution in [0.25, 0.3) is 16.6 Å². The number of nitrogens with zero attached hydrogens (tertiary/aromatic N) is 7. The Kier molecular flexibility index (Phi) is 10.8. The van der Waals surface area contributed by atoms with Crippen LogP contribution in [0, 0.1) is 17.8 Å². The Morgan fingerprint density at radius 1 is 1.07 bits per heavy atom. The Hall–Kier alpha value is -5.70. The molecule has 5 aliphatic rings. The number of amides is 3. The van der Waals surface area contributed by atoms with Crippen molar-refractivity contribution in [3.8, 4) is 11.8 Å². The fraction of sp³-hybridized carbons (Fsp3) is 0.500. The zero-order valence-electron chi connectivity index (χ0n) is 33.6. The second kappa shape index (κ2) is 16.6. The number of carbonyl (C=O) groups is 3. The van der Waals surface area contributed by atoms with E-state index >= 15 is 0 Å². The van der Waals surface area contributed by atoms with Crippen LogP contribution in [0.5, 0.6) is 0 Å². The van der Waals surface area contributed by atoms with Crippen LogP contribution in [-0.4, -0.2) is 105 Å². The highest BCUT2D eigenvalue weighted by molar-refractivity contribution is 6.08. The maximum absolute atomic E-state index is 14.3. The van der Waals surface area contributed by atoms with E-state index in [1.807, 2.05) is 24.3 Å². The number of ether oxygens (including phenoxy) is 2. The van der Waals surface area contributed by atoms with E-state index in [0.29, 0.717) is 43.2 Å². The van der Waals surface area contributed by atoms with Crippen LogP contribution in [0.3, 0.4) is 0 Å². The molecule has 5 fully saturated rings. The molecule has 1 aromatic carbocycles. The van der Waals surface area contributed by atoms with Gasteiger partial charge in [0.05, 0.1) is 55.0 Å². The molecule has 4 aliphatic heterocycles. The van der Waals surface area contributed by atoms with Crippen LogP contribution in [0.1, 0.15) is 103 Å². The highest BCUT2D eigenvalue weighted by Crippen LogP contribution is 2.37. The summed E-state index contributed by atoms with van der Waals surface area (Å²) >= 11 is 0. The first kappa shape index (κ1) is 39.4. The lowest BCUT2D eigenvalue weighted by molar-refractivity contribution is -0.134. The molecule has 10 rings (SSSR count). The molecule has 2 bridgehead atoms. The highest BCUT2D eigenvalue weighted by atomic mass is 19.3. The number of nitrogens with one attached hydrogen (secondary N) is 2. The molecular formula is C44H47F2N9O6. The van der Waals surface area contributed by atoms with Gasteiger partial charge in [-0.2, -0.15) is 10.2 Å². The number of morpholine rings is 1. The van der Waals surface area contributed by atoms with E-state index < -0.39 is 23.9 Å². The molecule has 61 heavy (non-hydrogen) atoms. The average Bonchev–Trinajstić information content (AvgIpc) is 4.12. The van der Waals surface area contributed by atoms with Crippen LogP contribution in [-0.2, 0) is 19.1 Å². The second-order valence-corrected chi connectivity index (χ2v) is 17.0. The van der Waals surface area contributed by atoms with E-state index in [0.717, 1.165) is 93.5 Å². The molecule has 318 valence electrons. The van der Waals surface area contributed by atoms with Gasteiger partial charge < -0.3 is 29.0 Å². The third-order valence-corrected chi connectivity index (χ3v) is 13.1. The lowest BCUT2D eigenvalue weighted by atomic mass is 9.85. The topological polar surface area (TPSA) is 161 Å². The monoisotopic (exact) mass is 835 g/mol. The van der Waals surface area contributed by atoms with Crippen molar-refractivity contribution >= 4 is 45.8 Å². The number of likely N-dealkylation sites (tertiary alicyclic amines) is 1. The minimum absolute atomic E-state index is 0.000195. The largest absolute Gasteiger partial charge is 0.464 e. The number of hydrogen-bond acceptors (Lipinski definition) is 11. The number of halogens is 2. The molecule has 0 spiro atoms. The number of fused-ring (bicyclic) bond motifs is 4. The Morgan fingerprint density at radius 3 is 2.69 bits per heavy atom. The molecule has 1 aliphatic carbocycles. The molecule has 0 unspecified atom stereocenters. The second-order valence-electron chi connectivity index (χ2n) is 17.0. The summed E-state index contributed by atoms with van der Waals surface area (Å²) in [6.07, 6.45) is 10.9. The van der Waals surface area contributed by atoms with Gasteiger partial charge in [0.25, 0.3) is 12.3 Å². The van der Waals surface area contributed by atoms with Crippen molar-refractivity contribution in [2.45, 2.75) is 94.4 Å². The van der Waals surface area contributed by atoms with Gasteiger partial charge in [-0.15, -0.1) is 0 Å². The number of furan rings is 1. The molecule has 4 saturated heterocycles. The summed E-state index contributed by atoms with van der Waals surface area (Å²) in [6.45, 7) is 4.59. The fourth-order valence-corrected chi connectivity index (χ4v) is 9.80. The maximum atomic E-state index is 14.3. The molecule has 3 atom stereocenters. The lowest BCUT2D eigenvalue weighted by Crippen LogP contribution is -2.40. The summed E-state index contributed by atoms with van der Waals surface area (Å²) in [5.41, 5.74) is 2.35. The van der Waals surface area contributed by atoms with Crippen molar-refractivity contribution < 1.29 is 37.1 Å². The molecule has 2 N–H and O–H groups in total. The molecule has 15 nitrogen and oxygen atoms in total. The minimum atomic E-state index is -2.85. The van der Waals surface area contributed by atoms with Gasteiger partial charge >= 0.3 is 0 Å². The molecule has 3 amide bonds. The first-order valence-corrected chi connectivity index (χ1v) is 21.3. The summed E-state index contributed by atoms with van der Waals surface area (Å²) in [6, 6.07) is 7.77. The Morgan fingerprint density at radius 2 is 1.92 bits per heavy atom. The number of rotatable bonds is 10. The molecule has 0 radical (unpaired) electrons. The Labute approximate surface area is 350 Å². The van der Waals surface area contributed by atoms with E-state index in [2.05, 4.69) is 42.5 Å². The first-order valence-electron chi connectivity index (χ1n) is 21.3. The number of anilines is 2. The van der Waals surface area contributed by atoms with Gasteiger partial charge in [-0.3, -0.25) is 24.4 Å². The maximum Gasteiger partial charge on any atom is 0.284 e. The lowest BCUT2D eigenvalue weighted by Gasteiger charge is -2.36. The van der Waals surface area contributed by atoms with Crippen LogP contribution >= 0.6 is 0 Å². The number of piperidine rings is 2. The Balaban J connectivity index is 0.680. The molecular weight excluding hydrogens is 789 g/mol. The molecule has 5 aromatic rings. The summed E-state index contributed by atoms with van der Waals surface area (Å²) in [5, 5.41) is 14.5. The van der Waals surface area contributed by atoms with Crippen molar-refractivity contribution in [1.82, 2.24) is 34.6 Å². The van der Waals surface area contributed by atoms with Crippen LogP contribution in [0.4, 0.5) is 20.3 Å². The van der Waals surface area contributed by atoms with E-state index in [4.69, 9.17) is 18.9 Å². The predicted octanol–water partition coefficient (Wildman–Crippen LogP) is 5.62. The number of benzene rings is 1. The zero-order chi connectivity index (χ0) is 41.6. The third kappa shape index (κ3) is 8.11. The van der Waals surface area contributed by atoms with Crippen molar-refractivity contribution in [2.75, 3.05) is 49.6 Å². The van der Waals surface area contributed by atoms with Crippen molar-refractivity contribution in [3.05, 3.63) is 71.5 Å². The van der Waals surface area contributed by atoms with Gasteiger partial charge in [-0.05, 0) is 81.5 Å². The van der Waals surface area contributed by atoms with E-state index in [9.17, 15) is 23.2 Å². The summed E-state index contributed by atoms with van der Waals surface area (Å²) in [4.78, 5) is 46.9. The van der Waals surface area contributed by atoms with Gasteiger partial charge in [0.15, 0.2) is 11.3 Å². The number of aromatic nitrogens is 5. The van der Waals surface area contributed by atoms with E-state index in [1.54, 1.807) is 23.3 Å². The SMILES string of the molecule is O=C1CC[C@H](c2coc3cc(C#CCOC4CCN(CC5CCC(n6cc(NC(=O)c7cnn8ccc(N9C[C@H]%10C[C@@H]9CO%10)nc78)c(C(F)F)n6)CC5)CC4)ccc23)C(=O)N1. The highest BCUT2D eigenvalue weighted by Gasteiger charge is 2.40. The van der Waals surface area contributed by atoms with E-state index in [-0.39, 0.29) is 47.4 Å². The standard InChI is InChI=1S/C44H47F2N9O6/c45-41(46)40-36(48-44(58)34-20-47-54-16-13-38(49-42(34)54)53-22-31-19-29(53)24-60-31)23-55(51-40)28-6-3-27(4-7-28)21-52-14-11-30(12-15-52)59-17-1-2-26-5-8-32-35(25-61-37(32)18-26)33-9-10-39(56)50-43(33)57/h5,8,13,16,18,20,23,25,27-31,33,41H,3-4,6-7,9-12,14-15,17,19,21-22,24H2,(H,48,58)(H,50,56,57)/t27?,28?,29-,31-,33-/m1/s1. The van der Waals surface area contributed by atoms with Gasteiger partial charge in [-0.1, -0.05) is 11.8 Å². The summed E-state index contributed by atoms with van der Waals surface area (Å²) < 4.78 is 49.3. The number of alkyl halides is 2. The van der Waals surface area contributed by atoms with Gasteiger partial charge in [0, 0.05) is 61.5 Å². The van der Waals surface area contributed by atoms with Crippen molar-refractivity contribution in [3.63, 3.8) is 0 Å². The summed E-state index contributed by atoms with van der Waals surface area (Å²) in [7, 11) is 0. The number of hydrogen-bond donors (Lipinski definition) is 2. The van der Waals surface area contributed by atoms with E-state index in [1.165, 1.54) is 10.7 Å². The molecule has 17 heteroatoms. The van der Waals surface area contributed by atoms with Crippen molar-refractivity contribution in [1.29, 1.82) is 0 Å². The molecule has 8 heterocycles. The Bertz CT molecular complexity index is 2530. The third-order valence-electron chi connectivity index (χ3n) is 13.1. The van der Waals surface area contributed by atoms with Gasteiger partial charge in [0.2, 0.25) is 11.8 Å². The predicted molar refractivity (Wildman–Crippen MR) is 218 cm³/mol. The van der Waals surface area contributed by atoms with Crippen molar-refractivity contribution in [2.24, 2.45) is 5.92 Å². The normalized spacial score (nSPS) is 24.8.